The van der Waals surface area contributed by atoms with Gasteiger partial charge in [0, 0.05) is 15.7 Å². The maximum atomic E-state index is 4.22. The van der Waals surface area contributed by atoms with E-state index in [-0.39, 0.29) is 0 Å². The zero-order chi connectivity index (χ0) is 9.97. The molecule has 2 nitrogen and oxygen atoms in total. The van der Waals surface area contributed by atoms with Crippen molar-refractivity contribution in [1.29, 1.82) is 0 Å². The van der Waals surface area contributed by atoms with Crippen LogP contribution in [0, 0.1) is 6.92 Å². The monoisotopic (exact) mass is 248 g/mol. The predicted octanol–water partition coefficient (Wildman–Crippen LogP) is 3.21. The quantitative estimate of drug-likeness (QED) is 0.775. The first-order valence-corrected chi connectivity index (χ1v) is 5.09. The van der Waals surface area contributed by atoms with Gasteiger partial charge in [0.2, 0.25) is 0 Å². The van der Waals surface area contributed by atoms with Crippen molar-refractivity contribution in [2.45, 2.75) is 6.92 Å². The second-order valence-corrected chi connectivity index (χ2v) is 3.97. The van der Waals surface area contributed by atoms with Gasteiger partial charge in [0.1, 0.15) is 6.33 Å². The molecule has 0 aliphatic heterocycles. The molecule has 0 atom stereocenters. The Balaban J connectivity index is 2.49. The van der Waals surface area contributed by atoms with Gasteiger partial charge in [-0.3, -0.25) is 0 Å². The fraction of sp³-hybridized carbons (Fsp3) is 0.0909. The van der Waals surface area contributed by atoms with Crippen LogP contribution in [0.1, 0.15) is 5.69 Å². The lowest BCUT2D eigenvalue weighted by molar-refractivity contribution is 1.11. The lowest BCUT2D eigenvalue weighted by atomic mass is 10.1. The lowest BCUT2D eigenvalue weighted by Crippen LogP contribution is -1.87. The van der Waals surface area contributed by atoms with Crippen molar-refractivity contribution < 1.29 is 0 Å². The second kappa shape index (κ2) is 3.88. The molecule has 0 saturated carbocycles. The van der Waals surface area contributed by atoms with E-state index in [1.807, 2.05) is 37.3 Å². The first kappa shape index (κ1) is 9.34. The summed E-state index contributed by atoms with van der Waals surface area (Å²) in [7, 11) is 0. The van der Waals surface area contributed by atoms with Crippen molar-refractivity contribution in [3.05, 3.63) is 46.8 Å². The number of benzene rings is 1. The van der Waals surface area contributed by atoms with E-state index in [4.69, 9.17) is 0 Å². The zero-order valence-corrected chi connectivity index (χ0v) is 9.32. The number of halogens is 1. The highest BCUT2D eigenvalue weighted by Crippen LogP contribution is 2.20. The van der Waals surface area contributed by atoms with Gasteiger partial charge in [-0.2, -0.15) is 0 Å². The number of rotatable bonds is 1. The molecule has 2 rings (SSSR count). The van der Waals surface area contributed by atoms with E-state index >= 15 is 0 Å². The predicted molar refractivity (Wildman–Crippen MR) is 59.9 cm³/mol. The van der Waals surface area contributed by atoms with Gasteiger partial charge in [0.05, 0.1) is 5.69 Å². The molecular formula is C11H9BrN2. The second-order valence-electron chi connectivity index (χ2n) is 3.05. The Bertz CT molecular complexity index is 411. The van der Waals surface area contributed by atoms with Crippen LogP contribution in [0.3, 0.4) is 0 Å². The van der Waals surface area contributed by atoms with E-state index in [2.05, 4.69) is 25.9 Å². The molecule has 70 valence electrons. The normalized spacial score (nSPS) is 10.1. The molecule has 3 heteroatoms. The molecule has 0 saturated heterocycles. The Morgan fingerprint density at radius 3 is 2.71 bits per heavy atom. The molecule has 14 heavy (non-hydrogen) atoms. The molecule has 0 unspecified atom stereocenters. The van der Waals surface area contributed by atoms with E-state index in [1.165, 1.54) is 0 Å². The van der Waals surface area contributed by atoms with E-state index in [1.54, 1.807) is 6.33 Å². The van der Waals surface area contributed by atoms with E-state index in [0.717, 1.165) is 21.4 Å². The molecule has 1 aromatic heterocycles. The Morgan fingerprint density at radius 2 is 2.00 bits per heavy atom. The van der Waals surface area contributed by atoms with Gasteiger partial charge in [-0.1, -0.05) is 28.1 Å². The molecule has 1 aromatic carbocycles. The van der Waals surface area contributed by atoms with Gasteiger partial charge in [-0.25, -0.2) is 9.97 Å². The summed E-state index contributed by atoms with van der Waals surface area (Å²) < 4.78 is 1.06. The van der Waals surface area contributed by atoms with Crippen molar-refractivity contribution in [3.8, 4) is 11.3 Å². The highest BCUT2D eigenvalue weighted by Gasteiger charge is 1.99. The zero-order valence-electron chi connectivity index (χ0n) is 7.74. The highest BCUT2D eigenvalue weighted by molar-refractivity contribution is 9.10. The molecule has 0 aliphatic rings. The molecule has 0 amide bonds. The maximum Gasteiger partial charge on any atom is 0.116 e. The fourth-order valence-electron chi connectivity index (χ4n) is 1.26. The Hall–Kier alpha value is -1.22. The topological polar surface area (TPSA) is 25.8 Å². The van der Waals surface area contributed by atoms with Gasteiger partial charge >= 0.3 is 0 Å². The molecular weight excluding hydrogens is 240 g/mol. The third-order valence-electron chi connectivity index (χ3n) is 1.92. The highest BCUT2D eigenvalue weighted by atomic mass is 79.9. The minimum atomic E-state index is 0.957. The van der Waals surface area contributed by atoms with Crippen LogP contribution in [-0.2, 0) is 0 Å². The van der Waals surface area contributed by atoms with Crippen molar-refractivity contribution in [3.63, 3.8) is 0 Å². The number of aromatic nitrogens is 2. The summed E-state index contributed by atoms with van der Waals surface area (Å²) in [6.45, 7) is 1.96. The van der Waals surface area contributed by atoms with E-state index in [0.29, 0.717) is 0 Å². The third kappa shape index (κ3) is 1.99. The largest absolute Gasteiger partial charge is 0.242 e. The Labute approximate surface area is 91.2 Å². The minimum absolute atomic E-state index is 0.957. The summed E-state index contributed by atoms with van der Waals surface area (Å²) in [4.78, 5) is 8.28. The van der Waals surface area contributed by atoms with Crippen LogP contribution in [0.2, 0.25) is 0 Å². The molecule has 1 heterocycles. The van der Waals surface area contributed by atoms with Crippen LogP contribution in [0.15, 0.2) is 41.1 Å². The minimum Gasteiger partial charge on any atom is -0.242 e. The average Bonchev–Trinajstić information content (AvgIpc) is 2.18. The summed E-state index contributed by atoms with van der Waals surface area (Å²) in [5.41, 5.74) is 3.04. The average molecular weight is 249 g/mol. The van der Waals surface area contributed by atoms with Gasteiger partial charge in [-0.05, 0) is 25.1 Å². The number of nitrogens with zero attached hydrogens (tertiary/aromatic N) is 2. The number of aryl methyl sites for hydroxylation is 1. The smallest absolute Gasteiger partial charge is 0.116 e. The molecule has 0 aliphatic carbocycles. The molecule has 2 aromatic rings. The lowest BCUT2D eigenvalue weighted by Gasteiger charge is -2.01. The molecule has 0 radical (unpaired) electrons. The van der Waals surface area contributed by atoms with Crippen LogP contribution in [0.5, 0.6) is 0 Å². The summed E-state index contributed by atoms with van der Waals surface area (Å²) in [5.74, 6) is 0. The Morgan fingerprint density at radius 1 is 1.14 bits per heavy atom. The summed E-state index contributed by atoms with van der Waals surface area (Å²) in [5, 5.41) is 0. The van der Waals surface area contributed by atoms with Crippen LogP contribution < -0.4 is 0 Å². The van der Waals surface area contributed by atoms with Gasteiger partial charge in [0.15, 0.2) is 0 Å². The van der Waals surface area contributed by atoms with E-state index < -0.39 is 0 Å². The number of hydrogen-bond acceptors (Lipinski definition) is 2. The summed E-state index contributed by atoms with van der Waals surface area (Å²) in [6.07, 6.45) is 1.59. The first-order chi connectivity index (χ1) is 6.75. The maximum absolute atomic E-state index is 4.22. The van der Waals surface area contributed by atoms with Gasteiger partial charge < -0.3 is 0 Å². The number of hydrogen-bond donors (Lipinski definition) is 0. The molecule has 0 fully saturated rings. The van der Waals surface area contributed by atoms with Crippen LogP contribution in [0.4, 0.5) is 0 Å². The van der Waals surface area contributed by atoms with Crippen molar-refractivity contribution >= 4 is 15.9 Å². The van der Waals surface area contributed by atoms with Crippen molar-refractivity contribution in [1.82, 2.24) is 9.97 Å². The fourth-order valence-corrected chi connectivity index (χ4v) is 1.66. The van der Waals surface area contributed by atoms with Crippen molar-refractivity contribution in [2.75, 3.05) is 0 Å². The SMILES string of the molecule is Cc1cc(-c2cccc(Br)c2)ncn1. The molecule has 0 spiro atoms. The van der Waals surface area contributed by atoms with Crippen LogP contribution in [0.25, 0.3) is 11.3 Å². The Kier molecular flexibility index (Phi) is 2.59. The molecule has 0 N–H and O–H groups in total. The van der Waals surface area contributed by atoms with Crippen LogP contribution >= 0.6 is 15.9 Å². The standard InChI is InChI=1S/C11H9BrN2/c1-8-5-11(14-7-13-8)9-3-2-4-10(12)6-9/h2-7H,1H3. The third-order valence-corrected chi connectivity index (χ3v) is 2.42. The van der Waals surface area contributed by atoms with E-state index in [9.17, 15) is 0 Å². The summed E-state index contributed by atoms with van der Waals surface area (Å²) >= 11 is 3.43. The van der Waals surface area contributed by atoms with Crippen molar-refractivity contribution in [2.24, 2.45) is 0 Å². The van der Waals surface area contributed by atoms with Gasteiger partial charge in [0.25, 0.3) is 0 Å². The first-order valence-electron chi connectivity index (χ1n) is 4.30. The van der Waals surface area contributed by atoms with Crippen LogP contribution in [-0.4, -0.2) is 9.97 Å². The summed E-state index contributed by atoms with van der Waals surface area (Å²) in [6, 6.07) is 10.0. The van der Waals surface area contributed by atoms with Gasteiger partial charge in [-0.15, -0.1) is 0 Å². The molecule has 0 bridgehead atoms.